The Morgan fingerprint density at radius 1 is 1.13 bits per heavy atom. The van der Waals surface area contributed by atoms with Gasteiger partial charge < -0.3 is 10.3 Å². The summed E-state index contributed by atoms with van der Waals surface area (Å²) in [6.45, 7) is 0.171. The van der Waals surface area contributed by atoms with Gasteiger partial charge in [0.1, 0.15) is 16.9 Å². The number of H-pyrrole nitrogens is 2. The first-order valence-electron chi connectivity index (χ1n) is 8.79. The quantitative estimate of drug-likeness (QED) is 0.460. The number of nitrogens with zero attached hydrogens (tertiary/aromatic N) is 2. The van der Waals surface area contributed by atoms with Gasteiger partial charge >= 0.3 is 5.69 Å². The second-order valence-electron chi connectivity index (χ2n) is 6.43. The molecule has 0 radical (unpaired) electrons. The number of fused-ring (bicyclic) bond motifs is 1. The number of nitrogens with one attached hydrogen (secondary N) is 3. The second kappa shape index (κ2) is 7.80. The van der Waals surface area contributed by atoms with E-state index >= 15 is 0 Å². The van der Waals surface area contributed by atoms with Crippen molar-refractivity contribution in [2.24, 2.45) is 0 Å². The first-order chi connectivity index (χ1) is 14.4. The van der Waals surface area contributed by atoms with Crippen LogP contribution < -0.4 is 22.1 Å². The van der Waals surface area contributed by atoms with Gasteiger partial charge in [-0.3, -0.25) is 23.9 Å². The fourth-order valence-electron chi connectivity index (χ4n) is 2.98. The van der Waals surface area contributed by atoms with Crippen molar-refractivity contribution in [2.45, 2.75) is 6.54 Å². The zero-order valence-electron chi connectivity index (χ0n) is 15.3. The highest BCUT2D eigenvalue weighted by Crippen LogP contribution is 2.15. The van der Waals surface area contributed by atoms with Crippen molar-refractivity contribution in [3.63, 3.8) is 0 Å². The molecule has 0 fully saturated rings. The molecule has 0 saturated carbocycles. The molecule has 10 heteroatoms. The first-order valence-corrected chi connectivity index (χ1v) is 9.16. The molecule has 9 nitrogen and oxygen atoms in total. The third-order valence-electron chi connectivity index (χ3n) is 4.41. The number of carbonyl (C=O) groups is 1. The summed E-state index contributed by atoms with van der Waals surface area (Å²) in [5.74, 6) is -0.784. The molecule has 0 bridgehead atoms. The normalized spacial score (nSPS) is 10.8. The maximum absolute atomic E-state index is 13.1. The molecule has 0 atom stereocenters. The van der Waals surface area contributed by atoms with Crippen molar-refractivity contribution in [1.29, 1.82) is 0 Å². The Bertz CT molecular complexity index is 1440. The average Bonchev–Trinajstić information content (AvgIpc) is 2.73. The van der Waals surface area contributed by atoms with E-state index < -0.39 is 22.7 Å². The SMILES string of the molecule is O=C(Nc1c[nH]c(=O)[nH]c1=O)c1cc2cccnc2n(Cc2ccc(Cl)cc2)c1=O. The maximum Gasteiger partial charge on any atom is 0.325 e. The number of aromatic nitrogens is 4. The molecule has 3 N–H and O–H groups in total. The van der Waals surface area contributed by atoms with Crippen LogP contribution in [-0.2, 0) is 6.54 Å². The molecule has 150 valence electrons. The third-order valence-corrected chi connectivity index (χ3v) is 4.67. The van der Waals surface area contributed by atoms with Crippen LogP contribution in [0.1, 0.15) is 15.9 Å². The Hall–Kier alpha value is -3.98. The predicted octanol–water partition coefficient (Wildman–Crippen LogP) is 1.73. The van der Waals surface area contributed by atoms with Gasteiger partial charge in [0.2, 0.25) is 0 Å². The zero-order valence-corrected chi connectivity index (χ0v) is 16.1. The van der Waals surface area contributed by atoms with Crippen LogP contribution in [0.5, 0.6) is 0 Å². The second-order valence-corrected chi connectivity index (χ2v) is 6.87. The summed E-state index contributed by atoms with van der Waals surface area (Å²) in [6.07, 6.45) is 2.62. The minimum Gasteiger partial charge on any atom is -0.316 e. The lowest BCUT2D eigenvalue weighted by Gasteiger charge is -2.12. The van der Waals surface area contributed by atoms with Crippen LogP contribution in [0, 0.1) is 0 Å². The molecule has 0 aliphatic carbocycles. The van der Waals surface area contributed by atoms with E-state index in [1.54, 1.807) is 42.6 Å². The summed E-state index contributed by atoms with van der Waals surface area (Å²) in [4.78, 5) is 57.4. The lowest BCUT2D eigenvalue weighted by atomic mass is 10.1. The average molecular weight is 424 g/mol. The van der Waals surface area contributed by atoms with Crippen molar-refractivity contribution in [2.75, 3.05) is 5.32 Å². The highest BCUT2D eigenvalue weighted by atomic mass is 35.5. The van der Waals surface area contributed by atoms with Crippen LogP contribution in [-0.4, -0.2) is 25.4 Å². The molecule has 3 heterocycles. The van der Waals surface area contributed by atoms with E-state index in [4.69, 9.17) is 11.6 Å². The van der Waals surface area contributed by atoms with E-state index in [0.29, 0.717) is 16.1 Å². The Labute approximate surface area is 173 Å². The first kappa shape index (κ1) is 19.3. The van der Waals surface area contributed by atoms with Crippen LogP contribution >= 0.6 is 11.6 Å². The number of halogens is 1. The van der Waals surface area contributed by atoms with Crippen LogP contribution in [0.2, 0.25) is 5.02 Å². The highest BCUT2D eigenvalue weighted by molar-refractivity contribution is 6.30. The highest BCUT2D eigenvalue weighted by Gasteiger charge is 2.18. The van der Waals surface area contributed by atoms with Crippen molar-refractivity contribution >= 4 is 34.2 Å². The van der Waals surface area contributed by atoms with Crippen LogP contribution in [0.25, 0.3) is 11.0 Å². The van der Waals surface area contributed by atoms with Gasteiger partial charge in [0.25, 0.3) is 17.0 Å². The number of rotatable bonds is 4. The molecule has 3 aromatic heterocycles. The van der Waals surface area contributed by atoms with Crippen molar-refractivity contribution < 1.29 is 4.79 Å². The summed E-state index contributed by atoms with van der Waals surface area (Å²) >= 11 is 5.92. The molecule has 0 spiro atoms. The lowest BCUT2D eigenvalue weighted by molar-refractivity contribution is 0.102. The van der Waals surface area contributed by atoms with E-state index in [-0.39, 0.29) is 17.8 Å². The Morgan fingerprint density at radius 3 is 2.63 bits per heavy atom. The Kier molecular flexibility index (Phi) is 5.03. The molecular formula is C20H14ClN5O4. The van der Waals surface area contributed by atoms with Gasteiger partial charge in [-0.15, -0.1) is 0 Å². The van der Waals surface area contributed by atoms with E-state index in [1.807, 2.05) is 4.98 Å². The Morgan fingerprint density at radius 2 is 1.90 bits per heavy atom. The predicted molar refractivity (Wildman–Crippen MR) is 112 cm³/mol. The topological polar surface area (TPSA) is 130 Å². The summed E-state index contributed by atoms with van der Waals surface area (Å²) in [5, 5.41) is 3.49. The standard InChI is InChI=1S/C20H14ClN5O4/c21-13-5-3-11(4-6-13)10-26-16-12(2-1-7-22-16)8-14(19(26)29)17(27)24-15-9-23-20(30)25-18(15)28/h1-9H,10H2,(H,24,27)(H2,23,25,28,30). The maximum atomic E-state index is 13.1. The molecule has 4 rings (SSSR count). The van der Waals surface area contributed by atoms with Gasteiger partial charge in [0.15, 0.2) is 0 Å². The van der Waals surface area contributed by atoms with Gasteiger partial charge in [-0.1, -0.05) is 23.7 Å². The van der Waals surface area contributed by atoms with Gasteiger partial charge in [-0.2, -0.15) is 0 Å². The fraction of sp³-hybridized carbons (Fsp3) is 0.0500. The molecule has 0 aliphatic heterocycles. The minimum atomic E-state index is -0.784. The number of benzene rings is 1. The van der Waals surface area contributed by atoms with Crippen LogP contribution in [0.3, 0.4) is 0 Å². The number of anilines is 1. The van der Waals surface area contributed by atoms with Gasteiger partial charge in [0.05, 0.1) is 6.54 Å². The van der Waals surface area contributed by atoms with Crippen LogP contribution in [0.4, 0.5) is 5.69 Å². The number of hydrogen-bond acceptors (Lipinski definition) is 5. The summed E-state index contributed by atoms with van der Waals surface area (Å²) < 4.78 is 1.38. The molecule has 1 amide bonds. The number of aromatic amines is 2. The summed E-state index contributed by atoms with van der Waals surface area (Å²) in [6, 6.07) is 11.8. The molecule has 0 aliphatic rings. The van der Waals surface area contributed by atoms with Crippen LogP contribution in [0.15, 0.2) is 69.2 Å². The van der Waals surface area contributed by atoms with Crippen molar-refractivity contribution in [3.05, 3.63) is 102 Å². The van der Waals surface area contributed by atoms with Crippen molar-refractivity contribution in [1.82, 2.24) is 19.5 Å². The zero-order chi connectivity index (χ0) is 21.3. The van der Waals surface area contributed by atoms with Crippen molar-refractivity contribution in [3.8, 4) is 0 Å². The molecule has 1 aromatic carbocycles. The lowest BCUT2D eigenvalue weighted by Crippen LogP contribution is -2.32. The van der Waals surface area contributed by atoms with E-state index in [1.165, 1.54) is 10.6 Å². The molecule has 4 aromatic rings. The number of amides is 1. The largest absolute Gasteiger partial charge is 0.325 e. The van der Waals surface area contributed by atoms with E-state index in [9.17, 15) is 19.2 Å². The van der Waals surface area contributed by atoms with Gasteiger partial charge in [-0.05, 0) is 35.9 Å². The van der Waals surface area contributed by atoms with Gasteiger partial charge in [0, 0.05) is 22.8 Å². The number of carbonyl (C=O) groups excluding carboxylic acids is 1. The number of hydrogen-bond donors (Lipinski definition) is 3. The fourth-order valence-corrected chi connectivity index (χ4v) is 3.11. The molecule has 0 unspecified atom stereocenters. The summed E-state index contributed by atoms with van der Waals surface area (Å²) in [5.41, 5.74) is -1.21. The monoisotopic (exact) mass is 423 g/mol. The Balaban J connectivity index is 1.80. The molecular weight excluding hydrogens is 410 g/mol. The van der Waals surface area contributed by atoms with E-state index in [0.717, 1.165) is 11.8 Å². The van der Waals surface area contributed by atoms with E-state index in [2.05, 4.69) is 15.3 Å². The number of pyridine rings is 2. The summed E-state index contributed by atoms with van der Waals surface area (Å²) in [7, 11) is 0. The van der Waals surface area contributed by atoms with Gasteiger partial charge in [-0.25, -0.2) is 9.78 Å². The molecule has 0 saturated heterocycles. The minimum absolute atomic E-state index is 0.171. The smallest absolute Gasteiger partial charge is 0.316 e. The third kappa shape index (κ3) is 3.78. The molecule has 30 heavy (non-hydrogen) atoms.